The average Bonchev–Trinajstić information content (AvgIpc) is 2.54. The van der Waals surface area contributed by atoms with E-state index in [1.165, 1.54) is 10.6 Å². The van der Waals surface area contributed by atoms with Gasteiger partial charge in [-0.25, -0.2) is 10.8 Å². The Morgan fingerprint density at radius 1 is 1.38 bits per heavy atom. The molecule has 0 aliphatic carbocycles. The van der Waals surface area contributed by atoms with Crippen LogP contribution >= 0.6 is 0 Å². The maximum Gasteiger partial charge on any atom is 0.433 e. The monoisotopic (exact) mass is 231 g/mol. The number of halogens is 3. The third-order valence-electron chi connectivity index (χ3n) is 1.99. The van der Waals surface area contributed by atoms with E-state index < -0.39 is 11.9 Å². The lowest BCUT2D eigenvalue weighted by Crippen LogP contribution is -2.16. The number of alkyl halides is 3. The molecule has 0 amide bonds. The Bertz CT molecular complexity index is 530. The highest BCUT2D eigenvalue weighted by atomic mass is 19.4. The van der Waals surface area contributed by atoms with Gasteiger partial charge in [0.25, 0.3) is 0 Å². The zero-order chi connectivity index (χ0) is 11.9. The number of nitrogens with zero attached hydrogens (tertiary/aromatic N) is 3. The van der Waals surface area contributed by atoms with Crippen molar-refractivity contribution in [2.24, 2.45) is 5.84 Å². The molecule has 0 bridgehead atoms. The summed E-state index contributed by atoms with van der Waals surface area (Å²) in [4.78, 5) is 3.46. The van der Waals surface area contributed by atoms with Crippen molar-refractivity contribution in [3.8, 4) is 0 Å². The molecule has 2 aromatic rings. The molecule has 86 valence electrons. The number of nitrogens with one attached hydrogen (secondary N) is 1. The number of rotatable bonds is 1. The summed E-state index contributed by atoms with van der Waals surface area (Å²) in [5.41, 5.74) is 1.81. The van der Waals surface area contributed by atoms with Crippen molar-refractivity contribution < 1.29 is 13.2 Å². The Labute approximate surface area is 88.0 Å². The first-order chi connectivity index (χ1) is 7.41. The van der Waals surface area contributed by atoms with E-state index in [2.05, 4.69) is 15.5 Å². The van der Waals surface area contributed by atoms with Gasteiger partial charge in [-0.05, 0) is 6.92 Å². The van der Waals surface area contributed by atoms with Crippen LogP contribution in [0.2, 0.25) is 0 Å². The number of fused-ring (bicyclic) bond motifs is 1. The van der Waals surface area contributed by atoms with Crippen LogP contribution in [0, 0.1) is 6.92 Å². The molecule has 2 heterocycles. The Hall–Kier alpha value is -1.83. The molecule has 0 unspecified atom stereocenters. The van der Waals surface area contributed by atoms with Gasteiger partial charge in [0.15, 0.2) is 11.3 Å². The molecule has 0 fully saturated rings. The van der Waals surface area contributed by atoms with E-state index in [0.29, 0.717) is 5.69 Å². The summed E-state index contributed by atoms with van der Waals surface area (Å²) >= 11 is 0. The Morgan fingerprint density at radius 2 is 2.06 bits per heavy atom. The first-order valence-corrected chi connectivity index (χ1v) is 4.33. The molecule has 8 heteroatoms. The molecule has 0 aliphatic heterocycles. The van der Waals surface area contributed by atoms with Crippen LogP contribution in [-0.4, -0.2) is 14.6 Å². The zero-order valence-electron chi connectivity index (χ0n) is 8.21. The molecule has 2 aromatic heterocycles. The van der Waals surface area contributed by atoms with Gasteiger partial charge in [0.2, 0.25) is 0 Å². The standard InChI is InChI=1S/C8H8F3N5/c1-4-2-6-13-5(8(9,10)11)3-7(14-12)16(6)15-4/h2-3,14H,12H2,1H3. The SMILES string of the molecule is Cc1cc2nc(C(F)(F)F)cc(NN)n2n1. The summed E-state index contributed by atoms with van der Waals surface area (Å²) in [7, 11) is 0. The van der Waals surface area contributed by atoms with E-state index in [1.807, 2.05) is 0 Å². The van der Waals surface area contributed by atoms with Crippen molar-refractivity contribution in [2.75, 3.05) is 5.43 Å². The molecule has 0 aliphatic rings. The number of aryl methyl sites for hydroxylation is 1. The summed E-state index contributed by atoms with van der Waals surface area (Å²) in [5, 5.41) is 3.95. The van der Waals surface area contributed by atoms with Gasteiger partial charge in [-0.2, -0.15) is 22.8 Å². The molecule has 16 heavy (non-hydrogen) atoms. The third-order valence-corrected chi connectivity index (χ3v) is 1.99. The molecule has 3 N–H and O–H groups in total. The van der Waals surface area contributed by atoms with E-state index in [4.69, 9.17) is 5.84 Å². The Kier molecular flexibility index (Phi) is 2.23. The fraction of sp³-hybridized carbons (Fsp3) is 0.250. The number of hydrogen-bond donors (Lipinski definition) is 2. The highest BCUT2D eigenvalue weighted by molar-refractivity contribution is 5.50. The van der Waals surface area contributed by atoms with Gasteiger partial charge in [-0.1, -0.05) is 0 Å². The van der Waals surface area contributed by atoms with Gasteiger partial charge in [0, 0.05) is 12.1 Å². The number of nitrogens with two attached hydrogens (primary N) is 1. The fourth-order valence-electron chi connectivity index (χ4n) is 1.34. The Balaban J connectivity index is 2.72. The second-order valence-corrected chi connectivity index (χ2v) is 3.22. The zero-order valence-corrected chi connectivity index (χ0v) is 8.21. The van der Waals surface area contributed by atoms with Crippen LogP contribution in [0.25, 0.3) is 5.65 Å². The van der Waals surface area contributed by atoms with Crippen LogP contribution in [0.1, 0.15) is 11.4 Å². The van der Waals surface area contributed by atoms with Gasteiger partial charge in [0.05, 0.1) is 5.69 Å². The van der Waals surface area contributed by atoms with Gasteiger partial charge in [-0.15, -0.1) is 0 Å². The summed E-state index contributed by atoms with van der Waals surface area (Å²) in [6.07, 6.45) is -4.51. The van der Waals surface area contributed by atoms with Crippen LogP contribution in [-0.2, 0) is 6.18 Å². The summed E-state index contributed by atoms with van der Waals surface area (Å²) in [6.45, 7) is 1.65. The topological polar surface area (TPSA) is 68.2 Å². The smallest absolute Gasteiger partial charge is 0.308 e. The molecule has 0 aromatic carbocycles. The van der Waals surface area contributed by atoms with Crippen LogP contribution in [0.15, 0.2) is 12.1 Å². The van der Waals surface area contributed by atoms with Crippen LogP contribution in [0.4, 0.5) is 19.0 Å². The summed E-state index contributed by atoms with van der Waals surface area (Å²) < 4.78 is 38.6. The summed E-state index contributed by atoms with van der Waals surface area (Å²) in [5.74, 6) is 5.16. The molecule has 0 radical (unpaired) electrons. The number of hydrazine groups is 1. The number of aromatic nitrogens is 3. The van der Waals surface area contributed by atoms with E-state index in [-0.39, 0.29) is 11.5 Å². The minimum atomic E-state index is -4.51. The predicted octanol–water partition coefficient (Wildman–Crippen LogP) is 1.34. The lowest BCUT2D eigenvalue weighted by Gasteiger charge is -2.09. The maximum absolute atomic E-state index is 12.5. The van der Waals surface area contributed by atoms with Gasteiger partial charge >= 0.3 is 6.18 Å². The highest BCUT2D eigenvalue weighted by Crippen LogP contribution is 2.29. The normalized spacial score (nSPS) is 12.1. The van der Waals surface area contributed by atoms with Gasteiger partial charge in [-0.3, -0.25) is 0 Å². The molecule has 5 nitrogen and oxygen atoms in total. The second-order valence-electron chi connectivity index (χ2n) is 3.22. The molecular weight excluding hydrogens is 223 g/mol. The molecule has 0 spiro atoms. The number of hydrogen-bond acceptors (Lipinski definition) is 4. The van der Waals surface area contributed by atoms with Crippen molar-refractivity contribution in [1.82, 2.24) is 14.6 Å². The summed E-state index contributed by atoms with van der Waals surface area (Å²) in [6, 6.07) is 2.25. The van der Waals surface area contributed by atoms with Gasteiger partial charge < -0.3 is 5.43 Å². The van der Waals surface area contributed by atoms with E-state index in [0.717, 1.165) is 6.07 Å². The van der Waals surface area contributed by atoms with Gasteiger partial charge in [0.1, 0.15) is 5.82 Å². The van der Waals surface area contributed by atoms with E-state index in [9.17, 15) is 13.2 Å². The lowest BCUT2D eigenvalue weighted by atomic mass is 10.3. The lowest BCUT2D eigenvalue weighted by molar-refractivity contribution is -0.141. The second kappa shape index (κ2) is 3.34. The van der Waals surface area contributed by atoms with Crippen molar-refractivity contribution in [1.29, 1.82) is 0 Å². The largest absolute Gasteiger partial charge is 0.433 e. The fourth-order valence-corrected chi connectivity index (χ4v) is 1.34. The van der Waals surface area contributed by atoms with Crippen molar-refractivity contribution in [3.63, 3.8) is 0 Å². The molecule has 2 rings (SSSR count). The average molecular weight is 231 g/mol. The quantitative estimate of drug-likeness (QED) is 0.574. The first kappa shape index (κ1) is 10.7. The molecule has 0 saturated carbocycles. The molecular formula is C8H8F3N5. The maximum atomic E-state index is 12.5. The first-order valence-electron chi connectivity index (χ1n) is 4.33. The molecule has 0 saturated heterocycles. The minimum absolute atomic E-state index is 0.0328. The van der Waals surface area contributed by atoms with Crippen molar-refractivity contribution in [2.45, 2.75) is 13.1 Å². The van der Waals surface area contributed by atoms with E-state index in [1.54, 1.807) is 6.92 Å². The number of anilines is 1. The predicted molar refractivity (Wildman–Crippen MR) is 50.5 cm³/mol. The van der Waals surface area contributed by atoms with Crippen molar-refractivity contribution >= 4 is 11.5 Å². The minimum Gasteiger partial charge on any atom is -0.308 e. The molecule has 0 atom stereocenters. The van der Waals surface area contributed by atoms with Crippen LogP contribution < -0.4 is 11.3 Å². The third kappa shape index (κ3) is 1.67. The highest BCUT2D eigenvalue weighted by Gasteiger charge is 2.33. The van der Waals surface area contributed by atoms with E-state index >= 15 is 0 Å². The van der Waals surface area contributed by atoms with Crippen LogP contribution in [0.5, 0.6) is 0 Å². The number of nitrogen functional groups attached to an aromatic ring is 1. The van der Waals surface area contributed by atoms with Crippen LogP contribution in [0.3, 0.4) is 0 Å². The van der Waals surface area contributed by atoms with Crippen molar-refractivity contribution in [3.05, 3.63) is 23.5 Å². The Morgan fingerprint density at radius 3 is 2.62 bits per heavy atom.